The second-order valence-corrected chi connectivity index (χ2v) is 5.30. The van der Waals surface area contributed by atoms with Crippen molar-refractivity contribution >= 4 is 40.8 Å². The number of nitriles is 1. The van der Waals surface area contributed by atoms with Crippen molar-refractivity contribution in [2.45, 2.75) is 20.3 Å². The largest absolute Gasteiger partial charge is 0.462 e. The van der Waals surface area contributed by atoms with Crippen molar-refractivity contribution < 1.29 is 19.1 Å². The molecular weight excluding hydrogens is 355 g/mol. The Balaban J connectivity index is 3.06. The number of esters is 2. The molecule has 0 heterocycles. The fraction of sp³-hybridized carbons (Fsp3) is 0.312. The highest BCUT2D eigenvalue weighted by molar-refractivity contribution is 6.38. The second kappa shape index (κ2) is 9.81. The van der Waals surface area contributed by atoms with E-state index in [-0.39, 0.29) is 40.1 Å². The zero-order valence-electron chi connectivity index (χ0n) is 13.2. The van der Waals surface area contributed by atoms with Crippen LogP contribution in [0.15, 0.2) is 23.9 Å². The molecule has 0 unspecified atom stereocenters. The SMILES string of the molecule is CCCOC(=O)C(C#N)=CNc1cc(Cl)cc(C(=O)OCC)c1Cl. The van der Waals surface area contributed by atoms with Gasteiger partial charge in [0.05, 0.1) is 29.5 Å². The highest BCUT2D eigenvalue weighted by Crippen LogP contribution is 2.31. The van der Waals surface area contributed by atoms with Crippen molar-refractivity contribution in [2.75, 3.05) is 18.5 Å². The number of halogens is 2. The summed E-state index contributed by atoms with van der Waals surface area (Å²) >= 11 is 12.1. The summed E-state index contributed by atoms with van der Waals surface area (Å²) in [5.41, 5.74) is 0.0921. The van der Waals surface area contributed by atoms with E-state index in [1.54, 1.807) is 13.0 Å². The Morgan fingerprint density at radius 3 is 2.58 bits per heavy atom. The zero-order chi connectivity index (χ0) is 18.1. The molecule has 1 aromatic carbocycles. The lowest BCUT2D eigenvalue weighted by atomic mass is 10.2. The highest BCUT2D eigenvalue weighted by Gasteiger charge is 2.17. The van der Waals surface area contributed by atoms with E-state index in [1.165, 1.54) is 12.1 Å². The highest BCUT2D eigenvalue weighted by atomic mass is 35.5. The molecule has 0 fully saturated rings. The topological polar surface area (TPSA) is 88.4 Å². The maximum absolute atomic E-state index is 11.9. The third kappa shape index (κ3) is 5.44. The van der Waals surface area contributed by atoms with E-state index in [4.69, 9.17) is 37.9 Å². The molecule has 0 aliphatic heterocycles. The normalized spacial score (nSPS) is 10.7. The minimum absolute atomic E-state index is 0.0633. The molecule has 0 aliphatic rings. The van der Waals surface area contributed by atoms with E-state index in [0.29, 0.717) is 6.42 Å². The number of anilines is 1. The molecule has 0 amide bonds. The maximum Gasteiger partial charge on any atom is 0.350 e. The lowest BCUT2D eigenvalue weighted by molar-refractivity contribution is -0.138. The van der Waals surface area contributed by atoms with E-state index >= 15 is 0 Å². The molecule has 0 spiro atoms. The van der Waals surface area contributed by atoms with Gasteiger partial charge in [0.2, 0.25) is 0 Å². The minimum Gasteiger partial charge on any atom is -0.462 e. The van der Waals surface area contributed by atoms with Crippen LogP contribution in [-0.4, -0.2) is 25.2 Å². The van der Waals surface area contributed by atoms with Crippen molar-refractivity contribution in [3.63, 3.8) is 0 Å². The Morgan fingerprint density at radius 1 is 1.29 bits per heavy atom. The van der Waals surface area contributed by atoms with E-state index in [9.17, 15) is 9.59 Å². The molecule has 1 N–H and O–H groups in total. The molecule has 6 nitrogen and oxygen atoms in total. The van der Waals surface area contributed by atoms with E-state index < -0.39 is 11.9 Å². The van der Waals surface area contributed by atoms with Gasteiger partial charge in [-0.15, -0.1) is 0 Å². The van der Waals surface area contributed by atoms with Crippen LogP contribution in [0.2, 0.25) is 10.0 Å². The molecule has 24 heavy (non-hydrogen) atoms. The summed E-state index contributed by atoms with van der Waals surface area (Å²) in [5, 5.41) is 12.0. The van der Waals surface area contributed by atoms with Crippen molar-refractivity contribution in [3.8, 4) is 6.07 Å². The van der Waals surface area contributed by atoms with Gasteiger partial charge in [-0.1, -0.05) is 30.1 Å². The van der Waals surface area contributed by atoms with E-state index in [1.807, 2.05) is 6.92 Å². The first-order valence-electron chi connectivity index (χ1n) is 7.14. The Bertz CT molecular complexity index is 696. The summed E-state index contributed by atoms with van der Waals surface area (Å²) in [5.74, 6) is -1.38. The summed E-state index contributed by atoms with van der Waals surface area (Å²) < 4.78 is 9.77. The Kier molecular flexibility index (Phi) is 8.10. The Hall–Kier alpha value is -2.23. The average molecular weight is 371 g/mol. The maximum atomic E-state index is 11.9. The summed E-state index contributed by atoms with van der Waals surface area (Å²) in [6.07, 6.45) is 1.78. The molecule has 1 rings (SSSR count). The third-order valence-electron chi connectivity index (χ3n) is 2.68. The minimum atomic E-state index is -0.754. The number of rotatable bonds is 7. The fourth-order valence-electron chi connectivity index (χ4n) is 1.61. The number of carbonyl (C=O) groups is 2. The summed E-state index contributed by atoms with van der Waals surface area (Å²) in [6, 6.07) is 4.56. The first-order chi connectivity index (χ1) is 11.4. The summed E-state index contributed by atoms with van der Waals surface area (Å²) in [6.45, 7) is 3.90. The Morgan fingerprint density at radius 2 is 2.00 bits per heavy atom. The molecular formula is C16H16Cl2N2O4. The molecule has 0 atom stereocenters. The predicted octanol–water partition coefficient (Wildman–Crippen LogP) is 3.94. The summed E-state index contributed by atoms with van der Waals surface area (Å²) in [7, 11) is 0. The molecule has 0 aliphatic carbocycles. The molecule has 0 saturated heterocycles. The molecule has 128 valence electrons. The van der Waals surface area contributed by atoms with Crippen LogP contribution in [0.1, 0.15) is 30.6 Å². The quantitative estimate of drug-likeness (QED) is 0.444. The van der Waals surface area contributed by atoms with Gasteiger partial charge in [-0.05, 0) is 25.5 Å². The van der Waals surface area contributed by atoms with Gasteiger partial charge in [-0.25, -0.2) is 9.59 Å². The van der Waals surface area contributed by atoms with Crippen LogP contribution >= 0.6 is 23.2 Å². The van der Waals surface area contributed by atoms with Gasteiger partial charge in [0.1, 0.15) is 6.07 Å². The van der Waals surface area contributed by atoms with Gasteiger partial charge < -0.3 is 14.8 Å². The van der Waals surface area contributed by atoms with Crippen molar-refractivity contribution in [1.29, 1.82) is 5.26 Å². The standard InChI is InChI=1S/C16H16Cl2N2O4/c1-3-5-24-15(21)10(8-19)9-20-13-7-11(17)6-12(14(13)18)16(22)23-4-2/h6-7,9,20H,3-5H2,1-2H3. The molecule has 0 aromatic heterocycles. The van der Waals surface area contributed by atoms with Gasteiger partial charge in [0.15, 0.2) is 5.57 Å². The first-order valence-corrected chi connectivity index (χ1v) is 7.90. The van der Waals surface area contributed by atoms with Gasteiger partial charge in [0, 0.05) is 11.2 Å². The van der Waals surface area contributed by atoms with Gasteiger partial charge in [-0.3, -0.25) is 0 Å². The first kappa shape index (κ1) is 19.8. The molecule has 1 aromatic rings. The number of benzene rings is 1. The van der Waals surface area contributed by atoms with Gasteiger partial charge >= 0.3 is 11.9 Å². The van der Waals surface area contributed by atoms with E-state index in [2.05, 4.69) is 5.32 Å². The van der Waals surface area contributed by atoms with Crippen LogP contribution in [-0.2, 0) is 14.3 Å². The number of nitrogens with one attached hydrogen (secondary N) is 1. The third-order valence-corrected chi connectivity index (χ3v) is 3.31. The molecule has 0 saturated carbocycles. The van der Waals surface area contributed by atoms with Gasteiger partial charge in [-0.2, -0.15) is 5.26 Å². The van der Waals surface area contributed by atoms with Crippen molar-refractivity contribution in [2.24, 2.45) is 0 Å². The van der Waals surface area contributed by atoms with Crippen LogP contribution < -0.4 is 5.32 Å². The van der Waals surface area contributed by atoms with Crippen molar-refractivity contribution in [3.05, 3.63) is 39.5 Å². The molecule has 8 heteroatoms. The van der Waals surface area contributed by atoms with Crippen LogP contribution in [0, 0.1) is 11.3 Å². The molecule has 0 bridgehead atoms. The lowest BCUT2D eigenvalue weighted by Gasteiger charge is -2.10. The zero-order valence-corrected chi connectivity index (χ0v) is 14.7. The molecule has 0 radical (unpaired) electrons. The number of hydrogen-bond donors (Lipinski definition) is 1. The smallest absolute Gasteiger partial charge is 0.350 e. The fourth-order valence-corrected chi connectivity index (χ4v) is 2.07. The van der Waals surface area contributed by atoms with Crippen LogP contribution in [0.5, 0.6) is 0 Å². The monoisotopic (exact) mass is 370 g/mol. The number of ether oxygens (including phenoxy) is 2. The Labute approximate surface area is 149 Å². The average Bonchev–Trinajstić information content (AvgIpc) is 2.56. The van der Waals surface area contributed by atoms with Crippen LogP contribution in [0.3, 0.4) is 0 Å². The second-order valence-electron chi connectivity index (χ2n) is 4.49. The number of nitrogens with zero attached hydrogens (tertiary/aromatic N) is 1. The predicted molar refractivity (Wildman–Crippen MR) is 91.0 cm³/mol. The van der Waals surface area contributed by atoms with Gasteiger partial charge in [0.25, 0.3) is 0 Å². The number of hydrogen-bond acceptors (Lipinski definition) is 6. The number of carbonyl (C=O) groups excluding carboxylic acids is 2. The van der Waals surface area contributed by atoms with Crippen LogP contribution in [0.25, 0.3) is 0 Å². The lowest BCUT2D eigenvalue weighted by Crippen LogP contribution is -2.10. The summed E-state index contributed by atoms with van der Waals surface area (Å²) in [4.78, 5) is 23.5. The van der Waals surface area contributed by atoms with Crippen molar-refractivity contribution in [1.82, 2.24) is 0 Å². The van der Waals surface area contributed by atoms with Crippen LogP contribution in [0.4, 0.5) is 5.69 Å². The van der Waals surface area contributed by atoms with E-state index in [0.717, 1.165) is 6.20 Å².